The third-order valence-corrected chi connectivity index (χ3v) is 0. The van der Waals surface area contributed by atoms with Gasteiger partial charge in [0.05, 0.1) is 0 Å². The normalized spacial score (nSPS) is 7.38. The Morgan fingerprint density at radius 1 is 0.875 bits per heavy atom. The van der Waals surface area contributed by atoms with Gasteiger partial charge in [-0.2, -0.15) is 7.82 Å². The monoisotopic (exact) mass is 263 g/mol. The first-order valence-electron chi connectivity index (χ1n) is 0.730. The zero-order chi connectivity index (χ0) is 4.50. The van der Waals surface area contributed by atoms with E-state index in [1.54, 1.807) is 0 Å². The fourth-order valence-electron chi connectivity index (χ4n) is 0. The molecular formula is Fe3O4P-3. The second-order valence-corrected chi connectivity index (χ2v) is 1.34. The van der Waals surface area contributed by atoms with Crippen molar-refractivity contribution in [3.63, 3.8) is 0 Å². The van der Waals surface area contributed by atoms with Gasteiger partial charge in [-0.3, -0.25) is 0 Å². The average molecular weight is 263 g/mol. The van der Waals surface area contributed by atoms with Crippen molar-refractivity contribution < 1.29 is 70.5 Å². The van der Waals surface area contributed by atoms with Crippen molar-refractivity contribution in [2.75, 3.05) is 0 Å². The fourth-order valence-corrected chi connectivity index (χ4v) is 0. The molecule has 0 saturated heterocycles. The van der Waals surface area contributed by atoms with Crippen LogP contribution in [0.3, 0.4) is 0 Å². The SMILES string of the molecule is O=P([O-])([O-])[O-].[Fe].[Fe].[Fe]. The maximum atomic E-state index is 8.55. The van der Waals surface area contributed by atoms with Gasteiger partial charge < -0.3 is 19.2 Å². The molecule has 0 aromatic heterocycles. The van der Waals surface area contributed by atoms with E-state index in [9.17, 15) is 0 Å². The van der Waals surface area contributed by atoms with Gasteiger partial charge in [-0.15, -0.1) is 0 Å². The van der Waals surface area contributed by atoms with E-state index in [-0.39, 0.29) is 51.2 Å². The Hall–Kier alpha value is 1.67. The quantitative estimate of drug-likeness (QED) is 0.348. The minimum Gasteiger partial charge on any atom is -0.822 e. The molecule has 0 bridgehead atoms. The molecule has 4 nitrogen and oxygen atoms in total. The van der Waals surface area contributed by atoms with Gasteiger partial charge in [-0.1, -0.05) is 0 Å². The van der Waals surface area contributed by atoms with Gasteiger partial charge >= 0.3 is 0 Å². The summed E-state index contributed by atoms with van der Waals surface area (Å²) in [6.45, 7) is 0. The van der Waals surface area contributed by atoms with Crippen molar-refractivity contribution in [1.29, 1.82) is 0 Å². The number of hydrogen-bond donors (Lipinski definition) is 0. The molecule has 0 rings (SSSR count). The minimum atomic E-state index is -5.39. The molecule has 0 heterocycles. The van der Waals surface area contributed by atoms with Crippen molar-refractivity contribution in [2.24, 2.45) is 0 Å². The zero-order valence-electron chi connectivity index (χ0n) is 3.14. The van der Waals surface area contributed by atoms with Crippen LogP contribution in [0, 0.1) is 0 Å². The van der Waals surface area contributed by atoms with Crippen molar-refractivity contribution in [3.8, 4) is 0 Å². The molecular weight excluding hydrogens is 263 g/mol. The van der Waals surface area contributed by atoms with Crippen LogP contribution in [0.15, 0.2) is 0 Å². The average Bonchev–Trinajstić information content (AvgIpc) is 0.722. The van der Waals surface area contributed by atoms with E-state index in [4.69, 9.17) is 19.2 Å². The molecule has 0 fully saturated rings. The summed E-state index contributed by atoms with van der Waals surface area (Å²) in [6.07, 6.45) is 0. The Bertz CT molecular complexity index is 57.4. The maximum Gasteiger partial charge on any atom is 0 e. The number of phosphoric acid groups is 1. The third kappa shape index (κ3) is 122. The first kappa shape index (κ1) is 22.6. The fraction of sp³-hybridized carbons (Fsp3) is 0. The smallest absolute Gasteiger partial charge is 0 e. The largest absolute Gasteiger partial charge is 0.822 e. The van der Waals surface area contributed by atoms with Crippen LogP contribution >= 0.6 is 7.82 Å². The first-order valence-corrected chi connectivity index (χ1v) is 2.19. The molecule has 56 valence electrons. The van der Waals surface area contributed by atoms with E-state index in [0.717, 1.165) is 0 Å². The van der Waals surface area contributed by atoms with E-state index in [1.165, 1.54) is 0 Å². The van der Waals surface area contributed by atoms with Gasteiger partial charge in [0.25, 0.3) is 0 Å². The predicted octanol–water partition coefficient (Wildman–Crippen LogP) is -2.83. The van der Waals surface area contributed by atoms with Crippen LogP contribution in [0.2, 0.25) is 0 Å². The van der Waals surface area contributed by atoms with Crippen LogP contribution in [0.1, 0.15) is 0 Å². The van der Waals surface area contributed by atoms with Crippen LogP contribution in [0.25, 0.3) is 0 Å². The van der Waals surface area contributed by atoms with Gasteiger partial charge in [0, 0.05) is 51.2 Å². The molecule has 0 unspecified atom stereocenters. The van der Waals surface area contributed by atoms with Crippen molar-refractivity contribution in [2.45, 2.75) is 0 Å². The van der Waals surface area contributed by atoms with Gasteiger partial charge in [0.2, 0.25) is 0 Å². The van der Waals surface area contributed by atoms with Gasteiger partial charge in [0.1, 0.15) is 0 Å². The summed E-state index contributed by atoms with van der Waals surface area (Å²) in [7, 11) is -5.39. The van der Waals surface area contributed by atoms with Crippen molar-refractivity contribution >= 4 is 7.82 Å². The molecule has 8 heavy (non-hydrogen) atoms. The minimum absolute atomic E-state index is 0. The van der Waals surface area contributed by atoms with Crippen LogP contribution < -0.4 is 14.7 Å². The standard InChI is InChI=1S/3Fe.H3O4P/c;;;1-5(2,3)4/h;;;(H3,1,2,3,4)/p-3. The second-order valence-electron chi connectivity index (χ2n) is 0.447. The molecule has 0 amide bonds. The van der Waals surface area contributed by atoms with E-state index < -0.39 is 7.82 Å². The first-order chi connectivity index (χ1) is 2.00. The molecule has 0 aromatic carbocycles. The molecule has 0 spiro atoms. The number of rotatable bonds is 0. The summed E-state index contributed by atoms with van der Waals surface area (Å²) in [5, 5.41) is 0. The van der Waals surface area contributed by atoms with E-state index in [2.05, 4.69) is 0 Å². The maximum absolute atomic E-state index is 8.55. The Kier molecular flexibility index (Phi) is 24.5. The molecule has 0 aliphatic heterocycles. The summed E-state index contributed by atoms with van der Waals surface area (Å²) in [6, 6.07) is 0. The topological polar surface area (TPSA) is 86.2 Å². The summed E-state index contributed by atoms with van der Waals surface area (Å²) in [5.41, 5.74) is 0. The Morgan fingerprint density at radius 2 is 0.875 bits per heavy atom. The summed E-state index contributed by atoms with van der Waals surface area (Å²) >= 11 is 0. The van der Waals surface area contributed by atoms with E-state index in [1.807, 2.05) is 0 Å². The van der Waals surface area contributed by atoms with Crippen LogP contribution in [-0.2, 0) is 55.8 Å². The van der Waals surface area contributed by atoms with Crippen LogP contribution in [0.4, 0.5) is 0 Å². The van der Waals surface area contributed by atoms with Gasteiger partial charge in [-0.05, 0) is 0 Å². The predicted molar refractivity (Wildman–Crippen MR) is 7.61 cm³/mol. The van der Waals surface area contributed by atoms with Crippen LogP contribution in [-0.4, -0.2) is 0 Å². The second kappa shape index (κ2) is 8.67. The summed E-state index contributed by atoms with van der Waals surface area (Å²) in [4.78, 5) is 25.6. The van der Waals surface area contributed by atoms with Crippen molar-refractivity contribution in [3.05, 3.63) is 0 Å². The van der Waals surface area contributed by atoms with Gasteiger partial charge in [0.15, 0.2) is 0 Å². The summed E-state index contributed by atoms with van der Waals surface area (Å²) in [5.74, 6) is 0. The van der Waals surface area contributed by atoms with Crippen LogP contribution in [0.5, 0.6) is 0 Å². The molecule has 0 radical (unpaired) electrons. The molecule has 0 saturated carbocycles. The van der Waals surface area contributed by atoms with E-state index >= 15 is 0 Å². The molecule has 0 atom stereocenters. The van der Waals surface area contributed by atoms with E-state index in [0.29, 0.717) is 0 Å². The number of hydrogen-bond acceptors (Lipinski definition) is 4. The molecule has 0 aliphatic carbocycles. The van der Waals surface area contributed by atoms with Crippen molar-refractivity contribution in [1.82, 2.24) is 0 Å². The summed E-state index contributed by atoms with van der Waals surface area (Å²) < 4.78 is 8.55. The molecule has 8 heteroatoms. The molecule has 0 aliphatic rings. The molecule has 0 N–H and O–H groups in total. The Morgan fingerprint density at radius 3 is 0.875 bits per heavy atom. The zero-order valence-corrected chi connectivity index (χ0v) is 7.35. The third-order valence-electron chi connectivity index (χ3n) is 0. The molecule has 0 aromatic rings. The van der Waals surface area contributed by atoms with Gasteiger partial charge in [-0.25, -0.2) is 0 Å². The Labute approximate surface area is 78.1 Å². The Balaban J connectivity index is -0.0000000267.